The second-order valence-electron chi connectivity index (χ2n) is 4.30. The highest BCUT2D eigenvalue weighted by atomic mass is 16.5. The van der Waals surface area contributed by atoms with Gasteiger partial charge in [0.15, 0.2) is 6.10 Å². The third-order valence-electron chi connectivity index (χ3n) is 3.12. The fraction of sp³-hybridized carbons (Fsp3) is 0.462. The Morgan fingerprint density at radius 1 is 1.38 bits per heavy atom. The van der Waals surface area contributed by atoms with Crippen LogP contribution in [0.15, 0.2) is 24.3 Å². The average Bonchev–Trinajstić information content (AvgIpc) is 2.18. The first kappa shape index (κ1) is 11.0. The van der Waals surface area contributed by atoms with E-state index in [0.29, 0.717) is 11.7 Å². The molecule has 3 nitrogen and oxygen atoms in total. The molecule has 1 atom stereocenters. The second-order valence-corrected chi connectivity index (χ2v) is 4.30. The summed E-state index contributed by atoms with van der Waals surface area (Å²) in [5.41, 5.74) is 1.33. The third kappa shape index (κ3) is 2.35. The Kier molecular flexibility index (Phi) is 3.13. The van der Waals surface area contributed by atoms with E-state index in [2.05, 4.69) is 0 Å². The summed E-state index contributed by atoms with van der Waals surface area (Å²) >= 11 is 0. The van der Waals surface area contributed by atoms with Crippen LogP contribution in [0.2, 0.25) is 0 Å². The number of carbonyl (C=O) groups is 1. The topological polar surface area (TPSA) is 46.5 Å². The van der Waals surface area contributed by atoms with Crippen molar-refractivity contribution in [3.05, 3.63) is 29.8 Å². The van der Waals surface area contributed by atoms with Crippen LogP contribution in [-0.2, 0) is 4.79 Å². The minimum atomic E-state index is -0.942. The van der Waals surface area contributed by atoms with Gasteiger partial charge in [0.25, 0.3) is 0 Å². The van der Waals surface area contributed by atoms with Crippen molar-refractivity contribution in [3.63, 3.8) is 0 Å². The molecule has 0 amide bonds. The molecule has 1 saturated carbocycles. The SMILES string of the molecule is C[C@H](Oc1ccc(C2CCC2)cc1)C(=O)O. The Morgan fingerprint density at radius 2 is 2.00 bits per heavy atom. The lowest BCUT2D eigenvalue weighted by Crippen LogP contribution is -2.22. The second kappa shape index (κ2) is 4.56. The van der Waals surface area contributed by atoms with Gasteiger partial charge in [0.05, 0.1) is 0 Å². The molecule has 1 aromatic rings. The molecule has 86 valence electrons. The maximum absolute atomic E-state index is 10.6. The van der Waals surface area contributed by atoms with E-state index in [1.54, 1.807) is 0 Å². The summed E-state index contributed by atoms with van der Waals surface area (Å²) in [6.07, 6.45) is 3.06. The van der Waals surface area contributed by atoms with Crippen molar-refractivity contribution in [3.8, 4) is 5.75 Å². The zero-order chi connectivity index (χ0) is 11.5. The van der Waals surface area contributed by atoms with E-state index < -0.39 is 12.1 Å². The van der Waals surface area contributed by atoms with Crippen molar-refractivity contribution in [2.45, 2.75) is 38.2 Å². The summed E-state index contributed by atoms with van der Waals surface area (Å²) in [5, 5.41) is 8.71. The lowest BCUT2D eigenvalue weighted by molar-refractivity contribution is -0.144. The van der Waals surface area contributed by atoms with Gasteiger partial charge in [-0.15, -0.1) is 0 Å². The summed E-state index contributed by atoms with van der Waals surface area (Å²) in [4.78, 5) is 10.6. The number of hydrogen-bond donors (Lipinski definition) is 1. The van der Waals surface area contributed by atoms with E-state index in [1.807, 2.05) is 24.3 Å². The van der Waals surface area contributed by atoms with Gasteiger partial charge in [0.2, 0.25) is 0 Å². The van der Waals surface area contributed by atoms with Crippen molar-refractivity contribution in [1.82, 2.24) is 0 Å². The molecule has 2 rings (SSSR count). The molecule has 0 spiro atoms. The van der Waals surface area contributed by atoms with E-state index in [-0.39, 0.29) is 0 Å². The molecule has 0 unspecified atom stereocenters. The van der Waals surface area contributed by atoms with Crippen LogP contribution >= 0.6 is 0 Å². The van der Waals surface area contributed by atoms with Gasteiger partial charge in [-0.1, -0.05) is 18.6 Å². The number of carboxylic acids is 1. The van der Waals surface area contributed by atoms with Crippen LogP contribution < -0.4 is 4.74 Å². The Hall–Kier alpha value is -1.51. The lowest BCUT2D eigenvalue weighted by Gasteiger charge is -2.25. The first-order valence-corrected chi connectivity index (χ1v) is 5.66. The predicted octanol–water partition coefficient (Wildman–Crippen LogP) is 2.81. The lowest BCUT2D eigenvalue weighted by atomic mass is 9.80. The van der Waals surface area contributed by atoms with E-state index in [1.165, 1.54) is 31.7 Å². The zero-order valence-electron chi connectivity index (χ0n) is 9.35. The summed E-state index contributed by atoms with van der Waals surface area (Å²) in [5.74, 6) is 0.381. The fourth-order valence-electron chi connectivity index (χ4n) is 1.81. The van der Waals surface area contributed by atoms with E-state index in [9.17, 15) is 4.79 Å². The average molecular weight is 220 g/mol. The first-order valence-electron chi connectivity index (χ1n) is 5.66. The smallest absolute Gasteiger partial charge is 0.344 e. The normalized spacial score (nSPS) is 17.6. The first-order chi connectivity index (χ1) is 7.66. The van der Waals surface area contributed by atoms with Crippen LogP contribution in [0.25, 0.3) is 0 Å². The van der Waals surface area contributed by atoms with Crippen molar-refractivity contribution in [1.29, 1.82) is 0 Å². The molecular formula is C13H16O3. The minimum absolute atomic E-state index is 0.623. The minimum Gasteiger partial charge on any atom is -0.479 e. The Balaban J connectivity index is 1.98. The highest BCUT2D eigenvalue weighted by molar-refractivity contribution is 5.72. The molecular weight excluding hydrogens is 204 g/mol. The maximum atomic E-state index is 10.6. The number of carboxylic acid groups (broad SMARTS) is 1. The van der Waals surface area contributed by atoms with E-state index in [4.69, 9.17) is 9.84 Å². The Morgan fingerprint density at radius 3 is 2.44 bits per heavy atom. The van der Waals surface area contributed by atoms with Crippen molar-refractivity contribution >= 4 is 5.97 Å². The molecule has 0 bridgehead atoms. The van der Waals surface area contributed by atoms with Gasteiger partial charge in [-0.05, 0) is 43.4 Å². The van der Waals surface area contributed by atoms with Crippen molar-refractivity contribution < 1.29 is 14.6 Å². The molecule has 0 radical (unpaired) electrons. The highest BCUT2D eigenvalue weighted by Crippen LogP contribution is 2.36. The molecule has 1 aliphatic carbocycles. The summed E-state index contributed by atoms with van der Waals surface area (Å²) in [6.45, 7) is 1.53. The predicted molar refractivity (Wildman–Crippen MR) is 60.8 cm³/mol. The van der Waals surface area contributed by atoms with Gasteiger partial charge in [0.1, 0.15) is 5.75 Å². The molecule has 3 heteroatoms. The monoisotopic (exact) mass is 220 g/mol. The molecule has 1 N–H and O–H groups in total. The zero-order valence-corrected chi connectivity index (χ0v) is 9.35. The summed E-state index contributed by atoms with van der Waals surface area (Å²) in [7, 11) is 0. The van der Waals surface area contributed by atoms with Crippen LogP contribution in [-0.4, -0.2) is 17.2 Å². The van der Waals surface area contributed by atoms with E-state index >= 15 is 0 Å². The third-order valence-corrected chi connectivity index (χ3v) is 3.12. The fourth-order valence-corrected chi connectivity index (χ4v) is 1.81. The molecule has 0 aromatic heterocycles. The number of rotatable bonds is 4. The van der Waals surface area contributed by atoms with Gasteiger partial charge in [-0.2, -0.15) is 0 Å². The molecule has 1 fully saturated rings. The van der Waals surface area contributed by atoms with Gasteiger partial charge in [-0.3, -0.25) is 0 Å². The number of hydrogen-bond acceptors (Lipinski definition) is 2. The van der Waals surface area contributed by atoms with Gasteiger partial charge >= 0.3 is 5.97 Å². The summed E-state index contributed by atoms with van der Waals surface area (Å²) in [6, 6.07) is 7.78. The van der Waals surface area contributed by atoms with Crippen LogP contribution in [0, 0.1) is 0 Å². The van der Waals surface area contributed by atoms with Gasteiger partial charge in [-0.25, -0.2) is 4.79 Å². The maximum Gasteiger partial charge on any atom is 0.344 e. The molecule has 1 aliphatic rings. The number of aliphatic carboxylic acids is 1. The van der Waals surface area contributed by atoms with Crippen LogP contribution in [0.4, 0.5) is 0 Å². The molecule has 0 saturated heterocycles. The number of ether oxygens (including phenoxy) is 1. The molecule has 16 heavy (non-hydrogen) atoms. The van der Waals surface area contributed by atoms with Crippen molar-refractivity contribution in [2.75, 3.05) is 0 Å². The van der Waals surface area contributed by atoms with Gasteiger partial charge < -0.3 is 9.84 Å². The van der Waals surface area contributed by atoms with E-state index in [0.717, 1.165) is 0 Å². The summed E-state index contributed by atoms with van der Waals surface area (Å²) < 4.78 is 5.26. The Bertz CT molecular complexity index is 365. The quantitative estimate of drug-likeness (QED) is 0.848. The van der Waals surface area contributed by atoms with Crippen LogP contribution in [0.3, 0.4) is 0 Å². The molecule has 0 heterocycles. The van der Waals surface area contributed by atoms with Gasteiger partial charge in [0, 0.05) is 0 Å². The highest BCUT2D eigenvalue weighted by Gasteiger charge is 2.19. The largest absolute Gasteiger partial charge is 0.479 e. The molecule has 0 aliphatic heterocycles. The van der Waals surface area contributed by atoms with Crippen LogP contribution in [0.1, 0.15) is 37.7 Å². The van der Waals surface area contributed by atoms with Crippen LogP contribution in [0.5, 0.6) is 5.75 Å². The Labute approximate surface area is 95.0 Å². The van der Waals surface area contributed by atoms with Crippen molar-refractivity contribution in [2.24, 2.45) is 0 Å². The number of benzene rings is 1. The standard InChI is InChI=1S/C13H16O3/c1-9(13(14)15)16-12-7-5-11(6-8-12)10-3-2-4-10/h5-10H,2-4H2,1H3,(H,14,15)/t9-/m0/s1. The molecule has 1 aromatic carbocycles.